The number of amides is 3. The molecule has 0 atom stereocenters. The molecular formula is C15H15N3O4. The smallest absolute Gasteiger partial charge is 0.291 e. The van der Waals surface area contributed by atoms with Gasteiger partial charge in [0.25, 0.3) is 5.91 Å². The molecule has 0 aliphatic rings. The number of hydrogen-bond donors (Lipinski definition) is 3. The van der Waals surface area contributed by atoms with Crippen molar-refractivity contribution in [1.82, 2.24) is 0 Å². The van der Waals surface area contributed by atoms with Crippen LogP contribution in [0, 0.1) is 0 Å². The van der Waals surface area contributed by atoms with Gasteiger partial charge in [0.15, 0.2) is 11.6 Å². The van der Waals surface area contributed by atoms with Crippen LogP contribution in [0.5, 0.6) is 0 Å². The molecule has 3 N–H and O–H groups in total. The average Bonchev–Trinajstić information content (AvgIpc) is 2.88. The number of carbonyl (C=O) groups excluding carboxylic acids is 3. The predicted octanol–water partition coefficient (Wildman–Crippen LogP) is 2.45. The summed E-state index contributed by atoms with van der Waals surface area (Å²) in [5.41, 5.74) is 1.19. The minimum absolute atomic E-state index is 0.0784. The third-order valence-electron chi connectivity index (χ3n) is 2.59. The number of anilines is 3. The summed E-state index contributed by atoms with van der Waals surface area (Å²) >= 11 is 0. The normalized spacial score (nSPS) is 9.91. The maximum Gasteiger partial charge on any atom is 0.291 e. The van der Waals surface area contributed by atoms with Gasteiger partial charge in [0.05, 0.1) is 0 Å². The van der Waals surface area contributed by atoms with Gasteiger partial charge >= 0.3 is 0 Å². The van der Waals surface area contributed by atoms with E-state index >= 15 is 0 Å². The zero-order chi connectivity index (χ0) is 16.1. The number of benzene rings is 1. The second-order valence-electron chi connectivity index (χ2n) is 4.56. The lowest BCUT2D eigenvalue weighted by molar-refractivity contribution is -0.115. The third-order valence-corrected chi connectivity index (χ3v) is 2.59. The molecule has 2 rings (SSSR count). The molecule has 7 heteroatoms. The topological polar surface area (TPSA) is 100 Å². The minimum Gasteiger partial charge on any atom is -0.435 e. The summed E-state index contributed by atoms with van der Waals surface area (Å²) in [6, 6.07) is 9.61. The van der Waals surface area contributed by atoms with E-state index < -0.39 is 5.91 Å². The predicted molar refractivity (Wildman–Crippen MR) is 81.7 cm³/mol. The Morgan fingerprint density at radius 2 is 1.32 bits per heavy atom. The fraction of sp³-hybridized carbons (Fsp3) is 0.133. The average molecular weight is 301 g/mol. The Hall–Kier alpha value is -3.09. The van der Waals surface area contributed by atoms with Crippen molar-refractivity contribution in [3.63, 3.8) is 0 Å². The molecule has 22 heavy (non-hydrogen) atoms. The van der Waals surface area contributed by atoms with Gasteiger partial charge in [-0.3, -0.25) is 19.7 Å². The second-order valence-corrected chi connectivity index (χ2v) is 4.56. The largest absolute Gasteiger partial charge is 0.435 e. The van der Waals surface area contributed by atoms with Gasteiger partial charge in [-0.1, -0.05) is 0 Å². The van der Waals surface area contributed by atoms with E-state index in [1.54, 1.807) is 24.3 Å². The van der Waals surface area contributed by atoms with Crippen molar-refractivity contribution in [3.05, 3.63) is 42.2 Å². The molecule has 1 aromatic heterocycles. The van der Waals surface area contributed by atoms with E-state index in [0.717, 1.165) is 0 Å². The molecule has 0 spiro atoms. The van der Waals surface area contributed by atoms with E-state index in [0.29, 0.717) is 11.4 Å². The maximum atomic E-state index is 12.0. The van der Waals surface area contributed by atoms with Gasteiger partial charge in [0.2, 0.25) is 11.8 Å². The standard InChI is InChI=1S/C15H15N3O4/c1-9(19)16-11-3-5-12(6-4-11)18-15(21)13-7-8-14(22-13)17-10(2)20/h3-8H,1-2H3,(H,16,19)(H,17,20)(H,18,21). The van der Waals surface area contributed by atoms with Crippen LogP contribution in [-0.4, -0.2) is 17.7 Å². The van der Waals surface area contributed by atoms with Crippen LogP contribution in [0.25, 0.3) is 0 Å². The van der Waals surface area contributed by atoms with Gasteiger partial charge < -0.3 is 15.1 Å². The molecule has 0 unspecified atom stereocenters. The SMILES string of the molecule is CC(=O)Nc1ccc(NC(=O)c2ccc(NC(C)=O)o2)cc1. The highest BCUT2D eigenvalue weighted by Gasteiger charge is 2.12. The van der Waals surface area contributed by atoms with E-state index in [-0.39, 0.29) is 23.5 Å². The number of furan rings is 1. The Labute approximate surface area is 126 Å². The molecule has 2 aromatic rings. The molecule has 0 bridgehead atoms. The molecule has 0 saturated heterocycles. The lowest BCUT2D eigenvalue weighted by atomic mass is 10.2. The molecule has 1 aromatic carbocycles. The van der Waals surface area contributed by atoms with Crippen LogP contribution in [0.15, 0.2) is 40.8 Å². The van der Waals surface area contributed by atoms with Gasteiger partial charge in [0, 0.05) is 31.3 Å². The Balaban J connectivity index is 2.00. The van der Waals surface area contributed by atoms with Crippen molar-refractivity contribution in [3.8, 4) is 0 Å². The quantitative estimate of drug-likeness (QED) is 0.807. The van der Waals surface area contributed by atoms with Crippen molar-refractivity contribution in [2.24, 2.45) is 0 Å². The Morgan fingerprint density at radius 1 is 0.773 bits per heavy atom. The first-order chi connectivity index (χ1) is 10.4. The summed E-state index contributed by atoms with van der Waals surface area (Å²) in [5.74, 6) is -0.607. The zero-order valence-electron chi connectivity index (χ0n) is 12.1. The summed E-state index contributed by atoms with van der Waals surface area (Å²) in [6.07, 6.45) is 0. The monoisotopic (exact) mass is 301 g/mol. The van der Waals surface area contributed by atoms with E-state index in [1.165, 1.54) is 26.0 Å². The first-order valence-electron chi connectivity index (χ1n) is 6.50. The summed E-state index contributed by atoms with van der Waals surface area (Å²) in [6.45, 7) is 2.76. The Kier molecular flexibility index (Phi) is 4.57. The van der Waals surface area contributed by atoms with Crippen molar-refractivity contribution in [2.45, 2.75) is 13.8 Å². The molecule has 0 fully saturated rings. The van der Waals surface area contributed by atoms with Crippen LogP contribution < -0.4 is 16.0 Å². The van der Waals surface area contributed by atoms with E-state index in [9.17, 15) is 14.4 Å². The highest BCUT2D eigenvalue weighted by atomic mass is 16.4. The summed E-state index contributed by atoms with van der Waals surface area (Å²) in [7, 11) is 0. The summed E-state index contributed by atoms with van der Waals surface area (Å²) < 4.78 is 5.20. The molecule has 7 nitrogen and oxygen atoms in total. The molecule has 0 aliphatic carbocycles. The van der Waals surface area contributed by atoms with Gasteiger partial charge in [0.1, 0.15) is 0 Å². The van der Waals surface area contributed by atoms with E-state index in [1.807, 2.05) is 0 Å². The van der Waals surface area contributed by atoms with Gasteiger partial charge in [-0.15, -0.1) is 0 Å². The Bertz CT molecular complexity index is 704. The number of hydrogen-bond acceptors (Lipinski definition) is 4. The van der Waals surface area contributed by atoms with Gasteiger partial charge in [-0.2, -0.15) is 0 Å². The molecule has 114 valence electrons. The van der Waals surface area contributed by atoms with Crippen LogP contribution in [0.2, 0.25) is 0 Å². The summed E-state index contributed by atoms with van der Waals surface area (Å²) in [4.78, 5) is 33.8. The second kappa shape index (κ2) is 6.57. The number of rotatable bonds is 4. The molecular weight excluding hydrogens is 286 g/mol. The first-order valence-corrected chi connectivity index (χ1v) is 6.50. The molecule has 0 aliphatic heterocycles. The molecule has 0 radical (unpaired) electrons. The van der Waals surface area contributed by atoms with Crippen LogP contribution in [-0.2, 0) is 9.59 Å². The molecule has 0 saturated carbocycles. The first kappa shape index (κ1) is 15.3. The number of carbonyl (C=O) groups is 3. The van der Waals surface area contributed by atoms with Crippen LogP contribution in [0.1, 0.15) is 24.4 Å². The molecule has 1 heterocycles. The zero-order valence-corrected chi connectivity index (χ0v) is 12.1. The minimum atomic E-state index is -0.441. The van der Waals surface area contributed by atoms with E-state index in [4.69, 9.17) is 4.42 Å². The molecule has 3 amide bonds. The number of nitrogens with one attached hydrogen (secondary N) is 3. The van der Waals surface area contributed by atoms with Crippen molar-refractivity contribution < 1.29 is 18.8 Å². The Morgan fingerprint density at radius 3 is 1.86 bits per heavy atom. The third kappa shape index (κ3) is 4.20. The van der Waals surface area contributed by atoms with Gasteiger partial charge in [-0.05, 0) is 30.3 Å². The lowest BCUT2D eigenvalue weighted by Crippen LogP contribution is -2.11. The van der Waals surface area contributed by atoms with Crippen LogP contribution >= 0.6 is 0 Å². The highest BCUT2D eigenvalue weighted by molar-refractivity contribution is 6.03. The highest BCUT2D eigenvalue weighted by Crippen LogP contribution is 2.17. The lowest BCUT2D eigenvalue weighted by Gasteiger charge is -2.05. The fourth-order valence-corrected chi connectivity index (χ4v) is 1.73. The maximum absolute atomic E-state index is 12.0. The van der Waals surface area contributed by atoms with Gasteiger partial charge in [-0.25, -0.2) is 0 Å². The van der Waals surface area contributed by atoms with Crippen LogP contribution in [0.4, 0.5) is 17.3 Å². The van der Waals surface area contributed by atoms with Crippen molar-refractivity contribution >= 4 is 35.0 Å². The van der Waals surface area contributed by atoms with Crippen molar-refractivity contribution in [2.75, 3.05) is 16.0 Å². The van der Waals surface area contributed by atoms with Crippen LogP contribution in [0.3, 0.4) is 0 Å². The summed E-state index contributed by atoms with van der Waals surface area (Å²) in [5, 5.41) is 7.72. The van der Waals surface area contributed by atoms with E-state index in [2.05, 4.69) is 16.0 Å². The fourth-order valence-electron chi connectivity index (χ4n) is 1.73. The van der Waals surface area contributed by atoms with Crippen molar-refractivity contribution in [1.29, 1.82) is 0 Å².